The molecule has 1 amide bonds. The number of carbonyl (C=O) groups is 1. The number of benzene rings is 1. The van der Waals surface area contributed by atoms with Gasteiger partial charge in [-0.05, 0) is 37.1 Å². The number of hydrogen-bond donors (Lipinski definition) is 1. The van der Waals surface area contributed by atoms with E-state index in [4.69, 9.17) is 9.47 Å². The largest absolute Gasteiger partial charge is 0.496 e. The van der Waals surface area contributed by atoms with Crippen molar-refractivity contribution in [3.8, 4) is 22.6 Å². The lowest BCUT2D eigenvalue weighted by atomic mass is 9.97. The van der Waals surface area contributed by atoms with E-state index in [1.54, 1.807) is 36.9 Å². The van der Waals surface area contributed by atoms with E-state index in [1.165, 1.54) is 0 Å². The molecule has 2 aromatic rings. The Hall–Kier alpha value is -2.80. The second-order valence-electron chi connectivity index (χ2n) is 7.01. The second-order valence-corrected chi connectivity index (χ2v) is 7.01. The molecule has 28 heavy (non-hydrogen) atoms. The Morgan fingerprint density at radius 1 is 1.04 bits per heavy atom. The van der Waals surface area contributed by atoms with E-state index in [1.807, 2.05) is 26.0 Å². The zero-order valence-corrected chi connectivity index (χ0v) is 17.1. The zero-order valence-electron chi connectivity index (χ0n) is 17.1. The van der Waals surface area contributed by atoms with Crippen molar-refractivity contribution in [2.75, 3.05) is 40.4 Å². The molecule has 1 saturated heterocycles. The number of amides is 1. The first kappa shape index (κ1) is 19.9. The molecule has 150 valence electrons. The van der Waals surface area contributed by atoms with Crippen LogP contribution in [0.5, 0.6) is 11.5 Å². The number of nitrogens with zero attached hydrogens (tertiary/aromatic N) is 2. The fourth-order valence-corrected chi connectivity index (χ4v) is 3.57. The minimum atomic E-state index is -0.102. The molecule has 2 heterocycles. The van der Waals surface area contributed by atoms with Crippen LogP contribution in [0.1, 0.15) is 21.5 Å². The highest BCUT2D eigenvalue weighted by Gasteiger charge is 2.26. The Balaban J connectivity index is 2.15. The fraction of sp³-hybridized carbons (Fsp3) is 0.429. The number of piperazine rings is 1. The van der Waals surface area contributed by atoms with Crippen molar-refractivity contribution in [3.63, 3.8) is 0 Å². The molecule has 1 aliphatic heterocycles. The van der Waals surface area contributed by atoms with Gasteiger partial charge >= 0.3 is 0 Å². The molecule has 0 radical (unpaired) electrons. The average molecular weight is 385 g/mol. The highest BCUT2D eigenvalue weighted by atomic mass is 16.5. The number of pyridine rings is 1. The van der Waals surface area contributed by atoms with E-state index in [2.05, 4.69) is 5.32 Å². The number of aryl methyl sites for hydroxylation is 1. The summed E-state index contributed by atoms with van der Waals surface area (Å²) in [5.74, 6) is 0.822. The molecule has 7 heteroatoms. The topological polar surface area (TPSA) is 72.8 Å². The van der Waals surface area contributed by atoms with Crippen LogP contribution in [0, 0.1) is 13.8 Å². The second kappa shape index (κ2) is 8.06. The first-order chi connectivity index (χ1) is 13.4. The summed E-state index contributed by atoms with van der Waals surface area (Å²) in [5.41, 5.74) is 3.73. The Kier molecular flexibility index (Phi) is 5.74. The summed E-state index contributed by atoms with van der Waals surface area (Å²) in [7, 11) is 4.83. The number of aromatic nitrogens is 1. The van der Waals surface area contributed by atoms with Crippen molar-refractivity contribution < 1.29 is 14.3 Å². The lowest BCUT2D eigenvalue weighted by Gasteiger charge is -2.28. The normalized spacial score (nSPS) is 14.1. The molecule has 1 aliphatic rings. The zero-order chi connectivity index (χ0) is 20.4. The summed E-state index contributed by atoms with van der Waals surface area (Å²) in [6.45, 7) is 6.57. The van der Waals surface area contributed by atoms with Crippen molar-refractivity contribution in [1.29, 1.82) is 0 Å². The molecule has 1 N–H and O–H groups in total. The minimum absolute atomic E-state index is 0.0225. The maximum Gasteiger partial charge on any atom is 0.261 e. The highest BCUT2D eigenvalue weighted by Crippen LogP contribution is 2.37. The predicted molar refractivity (Wildman–Crippen MR) is 108 cm³/mol. The molecule has 0 aliphatic carbocycles. The fourth-order valence-electron chi connectivity index (χ4n) is 3.57. The Morgan fingerprint density at radius 2 is 1.61 bits per heavy atom. The summed E-state index contributed by atoms with van der Waals surface area (Å²) in [4.78, 5) is 27.1. The van der Waals surface area contributed by atoms with Crippen molar-refractivity contribution in [1.82, 2.24) is 14.8 Å². The third-order valence-corrected chi connectivity index (χ3v) is 5.37. The Bertz CT molecular complexity index is 934. The van der Waals surface area contributed by atoms with Gasteiger partial charge in [0, 0.05) is 50.6 Å². The van der Waals surface area contributed by atoms with Crippen LogP contribution in [0.25, 0.3) is 11.1 Å². The molecule has 1 aromatic carbocycles. The molecule has 0 atom stereocenters. The quantitative estimate of drug-likeness (QED) is 0.868. The monoisotopic (exact) mass is 385 g/mol. The van der Waals surface area contributed by atoms with Crippen LogP contribution < -0.4 is 20.3 Å². The first-order valence-corrected chi connectivity index (χ1v) is 9.32. The Labute approximate surface area is 164 Å². The molecule has 0 spiro atoms. The lowest BCUT2D eigenvalue weighted by molar-refractivity contribution is 0.0729. The molecule has 0 unspecified atom stereocenters. The Morgan fingerprint density at radius 3 is 2.14 bits per heavy atom. The van der Waals surface area contributed by atoms with Gasteiger partial charge in [-0.25, -0.2) is 0 Å². The predicted octanol–water partition coefficient (Wildman–Crippen LogP) is 1.73. The maximum atomic E-state index is 13.1. The van der Waals surface area contributed by atoms with Gasteiger partial charge in [-0.3, -0.25) is 9.59 Å². The number of nitrogens with one attached hydrogen (secondary N) is 1. The highest BCUT2D eigenvalue weighted by molar-refractivity contribution is 6.01. The molecule has 0 saturated carbocycles. The average Bonchev–Trinajstić information content (AvgIpc) is 2.73. The number of rotatable bonds is 4. The van der Waals surface area contributed by atoms with Gasteiger partial charge in [0.05, 0.1) is 14.2 Å². The third-order valence-electron chi connectivity index (χ3n) is 5.37. The van der Waals surface area contributed by atoms with Crippen LogP contribution in [0.3, 0.4) is 0 Å². The van der Waals surface area contributed by atoms with Crippen molar-refractivity contribution in [3.05, 3.63) is 45.4 Å². The number of hydrogen-bond acceptors (Lipinski definition) is 5. The number of ether oxygens (including phenoxy) is 2. The summed E-state index contributed by atoms with van der Waals surface area (Å²) in [5, 5.41) is 3.25. The van der Waals surface area contributed by atoms with Crippen LogP contribution in [0.4, 0.5) is 0 Å². The van der Waals surface area contributed by atoms with E-state index >= 15 is 0 Å². The molecular weight excluding hydrogens is 358 g/mol. The van der Waals surface area contributed by atoms with Crippen molar-refractivity contribution in [2.24, 2.45) is 7.05 Å². The van der Waals surface area contributed by atoms with Crippen molar-refractivity contribution in [2.45, 2.75) is 13.8 Å². The van der Waals surface area contributed by atoms with Gasteiger partial charge in [-0.2, -0.15) is 0 Å². The summed E-state index contributed by atoms with van der Waals surface area (Å²) in [6, 6.07) is 3.67. The summed E-state index contributed by atoms with van der Waals surface area (Å²) in [6.07, 6.45) is 1.80. The maximum absolute atomic E-state index is 13.1. The SMILES string of the molecule is COc1cc(-c2cn(C)c(=O)c(C)c2C)cc(OC)c1C(=O)N1CCNCC1. The van der Waals surface area contributed by atoms with Gasteiger partial charge in [-0.1, -0.05) is 0 Å². The van der Waals surface area contributed by atoms with E-state index < -0.39 is 0 Å². The van der Waals surface area contributed by atoms with Crippen molar-refractivity contribution >= 4 is 5.91 Å². The molecule has 3 rings (SSSR count). The minimum Gasteiger partial charge on any atom is -0.496 e. The van der Waals surface area contributed by atoms with Gasteiger partial charge < -0.3 is 24.3 Å². The van der Waals surface area contributed by atoms with Crippen LogP contribution in [0.15, 0.2) is 23.1 Å². The van der Waals surface area contributed by atoms with Crippen LogP contribution in [-0.2, 0) is 7.05 Å². The molecule has 0 bridgehead atoms. The van der Waals surface area contributed by atoms with Crippen LogP contribution in [-0.4, -0.2) is 55.8 Å². The molecule has 7 nitrogen and oxygen atoms in total. The number of methoxy groups -OCH3 is 2. The van der Waals surface area contributed by atoms with Crippen LogP contribution >= 0.6 is 0 Å². The van der Waals surface area contributed by atoms with E-state index in [-0.39, 0.29) is 11.5 Å². The van der Waals surface area contributed by atoms with Gasteiger partial charge in [0.25, 0.3) is 11.5 Å². The van der Waals surface area contributed by atoms with Gasteiger partial charge in [0.15, 0.2) is 0 Å². The van der Waals surface area contributed by atoms with Crippen LogP contribution in [0.2, 0.25) is 0 Å². The third kappa shape index (κ3) is 3.49. The molecule has 1 fully saturated rings. The summed E-state index contributed by atoms with van der Waals surface area (Å²) < 4.78 is 12.7. The van der Waals surface area contributed by atoms with Gasteiger partial charge in [0.2, 0.25) is 0 Å². The van der Waals surface area contributed by atoms with E-state index in [0.717, 1.165) is 29.8 Å². The van der Waals surface area contributed by atoms with Gasteiger partial charge in [-0.15, -0.1) is 0 Å². The smallest absolute Gasteiger partial charge is 0.261 e. The molecular formula is C21H27N3O4. The molecule has 1 aromatic heterocycles. The standard InChI is InChI=1S/C21H27N3O4/c1-13-14(2)20(25)23(3)12-16(13)15-10-17(27-4)19(18(11-15)28-5)21(26)24-8-6-22-7-9-24/h10-12,22H,6-9H2,1-5H3. The number of carbonyl (C=O) groups excluding carboxylic acids is 1. The van der Waals surface area contributed by atoms with E-state index in [0.29, 0.717) is 35.7 Å². The van der Waals surface area contributed by atoms with E-state index in [9.17, 15) is 9.59 Å². The summed E-state index contributed by atoms with van der Waals surface area (Å²) >= 11 is 0. The lowest BCUT2D eigenvalue weighted by Crippen LogP contribution is -2.46. The van der Waals surface area contributed by atoms with Gasteiger partial charge in [0.1, 0.15) is 17.1 Å². The first-order valence-electron chi connectivity index (χ1n) is 9.32.